The van der Waals surface area contributed by atoms with Crippen molar-refractivity contribution in [3.63, 3.8) is 0 Å². The Balaban J connectivity index is 1.81. The van der Waals surface area contributed by atoms with Crippen LogP contribution in [0.4, 0.5) is 0 Å². The monoisotopic (exact) mass is 329 g/mol. The molecule has 0 saturated heterocycles. The van der Waals surface area contributed by atoms with E-state index in [0.29, 0.717) is 6.54 Å². The molecule has 1 aliphatic rings. The Morgan fingerprint density at radius 3 is 2.56 bits per heavy atom. The molecule has 1 fully saturated rings. The average molecular weight is 330 g/mol. The van der Waals surface area contributed by atoms with Crippen LogP contribution < -0.4 is 5.32 Å². The number of rotatable bonds is 3. The van der Waals surface area contributed by atoms with E-state index >= 15 is 0 Å². The van der Waals surface area contributed by atoms with Gasteiger partial charge < -0.3 is 5.32 Å². The van der Waals surface area contributed by atoms with Gasteiger partial charge in [0.1, 0.15) is 0 Å². The van der Waals surface area contributed by atoms with Crippen LogP contribution in [0.5, 0.6) is 0 Å². The zero-order valence-electron chi connectivity index (χ0n) is 10.6. The summed E-state index contributed by atoms with van der Waals surface area (Å²) in [6.07, 6.45) is 8.48. The molecule has 1 N–H and O–H groups in total. The van der Waals surface area contributed by atoms with Crippen LogP contribution in [0.25, 0.3) is 0 Å². The molecule has 0 aromatic carbocycles. The first-order valence-electron chi connectivity index (χ1n) is 6.77. The molecule has 100 valence electrons. The highest BCUT2D eigenvalue weighted by molar-refractivity contribution is 9.10. The molecule has 1 heterocycles. The Kier molecular flexibility index (Phi) is 5.70. The van der Waals surface area contributed by atoms with Crippen molar-refractivity contribution in [2.24, 2.45) is 5.92 Å². The topological polar surface area (TPSA) is 29.1 Å². The predicted molar refractivity (Wildman–Crippen MR) is 79.7 cm³/mol. The third-order valence-electron chi connectivity index (χ3n) is 3.59. The van der Waals surface area contributed by atoms with Crippen molar-refractivity contribution in [3.8, 4) is 0 Å². The quantitative estimate of drug-likeness (QED) is 0.869. The first-order valence-corrected chi connectivity index (χ1v) is 8.44. The fourth-order valence-corrected chi connectivity index (χ4v) is 3.91. The summed E-state index contributed by atoms with van der Waals surface area (Å²) in [6, 6.07) is 2.03. The lowest BCUT2D eigenvalue weighted by molar-refractivity contribution is -0.125. The maximum Gasteiger partial charge on any atom is 0.223 e. The first-order chi connectivity index (χ1) is 8.77. The van der Waals surface area contributed by atoms with Crippen LogP contribution in [-0.2, 0) is 11.3 Å². The highest BCUT2D eigenvalue weighted by Gasteiger charge is 2.19. The van der Waals surface area contributed by atoms with Crippen molar-refractivity contribution in [2.75, 3.05) is 0 Å². The SMILES string of the molecule is O=C(NCc1sccc1Br)C1CCCCCCC1. The number of halogens is 1. The van der Waals surface area contributed by atoms with E-state index in [1.165, 1.54) is 37.0 Å². The molecule has 0 unspecified atom stereocenters. The lowest BCUT2D eigenvalue weighted by Crippen LogP contribution is -2.30. The van der Waals surface area contributed by atoms with Gasteiger partial charge in [0, 0.05) is 15.3 Å². The van der Waals surface area contributed by atoms with Gasteiger partial charge in [0.05, 0.1) is 6.54 Å². The van der Waals surface area contributed by atoms with Crippen molar-refractivity contribution in [1.82, 2.24) is 5.32 Å². The smallest absolute Gasteiger partial charge is 0.223 e. The van der Waals surface area contributed by atoms with Crippen LogP contribution in [0.1, 0.15) is 49.8 Å². The summed E-state index contributed by atoms with van der Waals surface area (Å²) < 4.78 is 1.10. The number of carbonyl (C=O) groups excluding carboxylic acids is 1. The second-order valence-electron chi connectivity index (χ2n) is 4.95. The summed E-state index contributed by atoms with van der Waals surface area (Å²) in [4.78, 5) is 13.4. The van der Waals surface area contributed by atoms with E-state index in [0.717, 1.165) is 17.3 Å². The molecule has 0 radical (unpaired) electrons. The van der Waals surface area contributed by atoms with Gasteiger partial charge in [0.2, 0.25) is 5.91 Å². The van der Waals surface area contributed by atoms with Crippen molar-refractivity contribution in [2.45, 2.75) is 51.5 Å². The minimum atomic E-state index is 0.240. The van der Waals surface area contributed by atoms with Crippen LogP contribution in [0, 0.1) is 5.92 Å². The highest BCUT2D eigenvalue weighted by atomic mass is 79.9. The van der Waals surface area contributed by atoms with Crippen molar-refractivity contribution >= 4 is 33.2 Å². The number of hydrogen-bond donors (Lipinski definition) is 1. The van der Waals surface area contributed by atoms with E-state index in [1.54, 1.807) is 11.3 Å². The highest BCUT2D eigenvalue weighted by Crippen LogP contribution is 2.24. The summed E-state index contributed by atoms with van der Waals surface area (Å²) >= 11 is 5.18. The number of nitrogens with one attached hydrogen (secondary N) is 1. The molecule has 18 heavy (non-hydrogen) atoms. The van der Waals surface area contributed by atoms with Gasteiger partial charge in [-0.1, -0.05) is 32.1 Å². The standard InChI is InChI=1S/C14H20BrNOS/c15-12-8-9-18-13(12)10-16-14(17)11-6-4-2-1-3-5-7-11/h8-9,11H,1-7,10H2,(H,16,17). The lowest BCUT2D eigenvalue weighted by atomic mass is 9.90. The average Bonchev–Trinajstić information content (AvgIpc) is 2.71. The van der Waals surface area contributed by atoms with Gasteiger partial charge in [-0.2, -0.15) is 0 Å². The Morgan fingerprint density at radius 1 is 1.28 bits per heavy atom. The summed E-state index contributed by atoms with van der Waals surface area (Å²) in [5.74, 6) is 0.487. The van der Waals surface area contributed by atoms with Crippen LogP contribution in [0.2, 0.25) is 0 Å². The number of thiophene rings is 1. The van der Waals surface area contributed by atoms with E-state index < -0.39 is 0 Å². The number of hydrogen-bond acceptors (Lipinski definition) is 2. The molecule has 0 atom stereocenters. The summed E-state index contributed by atoms with van der Waals surface area (Å²) in [5, 5.41) is 5.13. The molecule has 1 saturated carbocycles. The Bertz CT molecular complexity index is 383. The van der Waals surface area contributed by atoms with Crippen molar-refractivity contribution in [1.29, 1.82) is 0 Å². The van der Waals surface area contributed by atoms with Gasteiger partial charge in [0.25, 0.3) is 0 Å². The van der Waals surface area contributed by atoms with Gasteiger partial charge in [-0.15, -0.1) is 11.3 Å². The van der Waals surface area contributed by atoms with E-state index in [2.05, 4.69) is 21.2 Å². The van der Waals surface area contributed by atoms with Gasteiger partial charge >= 0.3 is 0 Å². The Hall–Kier alpha value is -0.350. The number of amides is 1. The zero-order valence-corrected chi connectivity index (χ0v) is 13.0. The molecule has 2 nitrogen and oxygen atoms in total. The second-order valence-corrected chi connectivity index (χ2v) is 6.81. The molecule has 1 aliphatic carbocycles. The maximum absolute atomic E-state index is 12.1. The van der Waals surface area contributed by atoms with Crippen molar-refractivity contribution < 1.29 is 4.79 Å². The predicted octanol–water partition coefficient (Wildman–Crippen LogP) is 4.49. The van der Waals surface area contributed by atoms with Crippen molar-refractivity contribution in [3.05, 3.63) is 20.8 Å². The van der Waals surface area contributed by atoms with E-state index in [9.17, 15) is 4.79 Å². The Labute approximate surface area is 121 Å². The minimum absolute atomic E-state index is 0.240. The molecule has 1 aromatic rings. The second kappa shape index (κ2) is 7.29. The van der Waals surface area contributed by atoms with Crippen LogP contribution in [0.15, 0.2) is 15.9 Å². The molecule has 1 aromatic heterocycles. The summed E-state index contributed by atoms with van der Waals surface area (Å²) in [6.45, 7) is 0.660. The summed E-state index contributed by atoms with van der Waals surface area (Å²) in [7, 11) is 0. The molecule has 2 rings (SSSR count). The fraction of sp³-hybridized carbons (Fsp3) is 0.643. The molecule has 1 amide bonds. The third kappa shape index (κ3) is 4.09. The molecular formula is C14H20BrNOS. The molecule has 0 spiro atoms. The van der Waals surface area contributed by atoms with E-state index in [4.69, 9.17) is 0 Å². The van der Waals surface area contributed by atoms with Gasteiger partial charge in [-0.3, -0.25) is 4.79 Å². The maximum atomic E-state index is 12.1. The molecule has 0 aliphatic heterocycles. The normalized spacial score (nSPS) is 18.1. The molecule has 0 bridgehead atoms. The van der Waals surface area contributed by atoms with Crippen LogP contribution >= 0.6 is 27.3 Å². The van der Waals surface area contributed by atoms with Gasteiger partial charge in [-0.05, 0) is 40.2 Å². The van der Waals surface area contributed by atoms with E-state index in [1.807, 2.05) is 11.4 Å². The van der Waals surface area contributed by atoms with E-state index in [-0.39, 0.29) is 11.8 Å². The van der Waals surface area contributed by atoms with Gasteiger partial charge in [-0.25, -0.2) is 0 Å². The van der Waals surface area contributed by atoms with Crippen LogP contribution in [0.3, 0.4) is 0 Å². The first kappa shape index (κ1) is 14.1. The van der Waals surface area contributed by atoms with Crippen LogP contribution in [-0.4, -0.2) is 5.91 Å². The molecule has 4 heteroatoms. The number of carbonyl (C=O) groups is 1. The largest absolute Gasteiger partial charge is 0.351 e. The fourth-order valence-electron chi connectivity index (χ4n) is 2.48. The third-order valence-corrected chi connectivity index (χ3v) is 5.52. The lowest BCUT2D eigenvalue weighted by Gasteiger charge is -2.18. The Morgan fingerprint density at radius 2 is 1.94 bits per heavy atom. The minimum Gasteiger partial charge on any atom is -0.351 e. The zero-order chi connectivity index (χ0) is 12.8. The summed E-state index contributed by atoms with van der Waals surface area (Å²) in [5.41, 5.74) is 0. The molecular weight excluding hydrogens is 310 g/mol. The van der Waals surface area contributed by atoms with Gasteiger partial charge in [0.15, 0.2) is 0 Å².